The second-order valence-electron chi connectivity index (χ2n) is 5.00. The van der Waals surface area contributed by atoms with E-state index in [1.807, 2.05) is 23.6 Å². The highest BCUT2D eigenvalue weighted by Crippen LogP contribution is 2.25. The van der Waals surface area contributed by atoms with Gasteiger partial charge in [-0.15, -0.1) is 0 Å². The number of fused-ring (bicyclic) bond motifs is 1. The molecule has 0 aromatic carbocycles. The minimum absolute atomic E-state index is 0.149. The topological polar surface area (TPSA) is 52.1 Å². The molecule has 0 aliphatic carbocycles. The van der Waals surface area contributed by atoms with Crippen molar-refractivity contribution in [3.63, 3.8) is 0 Å². The van der Waals surface area contributed by atoms with Crippen LogP contribution in [0.15, 0.2) is 12.1 Å². The van der Waals surface area contributed by atoms with E-state index in [1.165, 1.54) is 0 Å². The second-order valence-corrected chi connectivity index (χ2v) is 5.38. The van der Waals surface area contributed by atoms with Crippen LogP contribution in [0.2, 0.25) is 0 Å². The number of pyridine rings is 1. The first-order valence-corrected chi connectivity index (χ1v) is 7.22. The maximum Gasteiger partial charge on any atom is 0.215 e. The van der Waals surface area contributed by atoms with Gasteiger partial charge in [0.2, 0.25) is 5.88 Å². The van der Waals surface area contributed by atoms with E-state index in [2.05, 4.69) is 23.8 Å². The summed E-state index contributed by atoms with van der Waals surface area (Å²) in [5.41, 5.74) is 1.73. The van der Waals surface area contributed by atoms with Crippen LogP contribution in [0, 0.1) is 10.7 Å². The third kappa shape index (κ3) is 2.86. The summed E-state index contributed by atoms with van der Waals surface area (Å²) in [5, 5.41) is 0. The number of imidazole rings is 1. The summed E-state index contributed by atoms with van der Waals surface area (Å²) >= 11 is 5.45. The third-order valence-corrected chi connectivity index (χ3v) is 3.64. The zero-order valence-corrected chi connectivity index (χ0v) is 13.2. The third-order valence-electron chi connectivity index (χ3n) is 3.34. The van der Waals surface area contributed by atoms with E-state index in [1.54, 1.807) is 7.11 Å². The van der Waals surface area contributed by atoms with Crippen LogP contribution in [0.1, 0.15) is 26.8 Å². The summed E-state index contributed by atoms with van der Waals surface area (Å²) in [4.78, 5) is 7.71. The summed E-state index contributed by atoms with van der Waals surface area (Å²) in [6.45, 7) is 7.62. The Morgan fingerprint density at radius 1 is 1.40 bits per heavy atom. The SMILES string of the molecule is CCOCC(C(C)C)n1c(=S)[nH]c2ccc(OC)nc21. The molecule has 6 heteroatoms. The molecule has 2 rings (SSSR count). The van der Waals surface area contributed by atoms with Crippen LogP contribution < -0.4 is 4.74 Å². The summed E-state index contributed by atoms with van der Waals surface area (Å²) < 4.78 is 13.5. The standard InChI is InChI=1S/C14H21N3O2S/c1-5-19-8-11(9(2)3)17-13-10(15-14(17)20)6-7-12(16-13)18-4/h6-7,9,11H,5,8H2,1-4H3,(H,15,20). The van der Waals surface area contributed by atoms with Gasteiger partial charge in [0.25, 0.3) is 0 Å². The van der Waals surface area contributed by atoms with Gasteiger partial charge in [-0.25, -0.2) is 0 Å². The van der Waals surface area contributed by atoms with E-state index in [-0.39, 0.29) is 6.04 Å². The van der Waals surface area contributed by atoms with Crippen molar-refractivity contribution in [2.24, 2.45) is 5.92 Å². The average molecular weight is 295 g/mol. The predicted molar refractivity (Wildman–Crippen MR) is 81.8 cm³/mol. The molecule has 5 nitrogen and oxygen atoms in total. The van der Waals surface area contributed by atoms with E-state index >= 15 is 0 Å². The fourth-order valence-electron chi connectivity index (χ4n) is 2.21. The van der Waals surface area contributed by atoms with Gasteiger partial charge in [0.1, 0.15) is 0 Å². The fourth-order valence-corrected chi connectivity index (χ4v) is 2.54. The summed E-state index contributed by atoms with van der Waals surface area (Å²) in [6, 6.07) is 3.91. The van der Waals surface area contributed by atoms with Crippen LogP contribution in [0.25, 0.3) is 11.2 Å². The number of aromatic amines is 1. The molecule has 0 fully saturated rings. The van der Waals surface area contributed by atoms with E-state index in [4.69, 9.17) is 21.7 Å². The number of H-pyrrole nitrogens is 1. The molecule has 1 atom stereocenters. The Morgan fingerprint density at radius 2 is 2.15 bits per heavy atom. The molecule has 0 spiro atoms. The normalized spacial score (nSPS) is 13.1. The molecule has 0 bridgehead atoms. The van der Waals surface area contributed by atoms with Crippen molar-refractivity contribution >= 4 is 23.4 Å². The van der Waals surface area contributed by atoms with Crippen LogP contribution in [-0.2, 0) is 4.74 Å². The van der Waals surface area contributed by atoms with Gasteiger partial charge >= 0.3 is 0 Å². The van der Waals surface area contributed by atoms with Crippen molar-refractivity contribution in [3.8, 4) is 5.88 Å². The molecule has 0 saturated heterocycles. The number of ether oxygens (including phenoxy) is 2. The van der Waals surface area contributed by atoms with Gasteiger partial charge in [-0.1, -0.05) is 13.8 Å². The summed E-state index contributed by atoms with van der Waals surface area (Å²) in [5.74, 6) is 0.972. The van der Waals surface area contributed by atoms with Gasteiger partial charge in [-0.3, -0.25) is 4.57 Å². The zero-order valence-electron chi connectivity index (χ0n) is 12.3. The molecule has 2 aromatic heterocycles. The highest BCUT2D eigenvalue weighted by atomic mass is 32.1. The lowest BCUT2D eigenvalue weighted by atomic mass is 10.1. The van der Waals surface area contributed by atoms with Crippen LogP contribution in [0.3, 0.4) is 0 Å². The van der Waals surface area contributed by atoms with E-state index in [0.717, 1.165) is 11.2 Å². The van der Waals surface area contributed by atoms with Gasteiger partial charge in [-0.2, -0.15) is 4.98 Å². The van der Waals surface area contributed by atoms with E-state index < -0.39 is 0 Å². The zero-order chi connectivity index (χ0) is 14.7. The highest BCUT2D eigenvalue weighted by molar-refractivity contribution is 7.71. The molecule has 20 heavy (non-hydrogen) atoms. The van der Waals surface area contributed by atoms with Gasteiger partial charge in [-0.05, 0) is 31.1 Å². The second kappa shape index (κ2) is 6.37. The molecule has 110 valence electrons. The Hall–Kier alpha value is -1.40. The molecule has 1 unspecified atom stereocenters. The first-order valence-electron chi connectivity index (χ1n) is 6.81. The lowest BCUT2D eigenvalue weighted by Crippen LogP contribution is -2.21. The van der Waals surface area contributed by atoms with Crippen molar-refractivity contribution < 1.29 is 9.47 Å². The first kappa shape index (κ1) is 15.0. The minimum Gasteiger partial charge on any atom is -0.481 e. The molecule has 0 aliphatic rings. The summed E-state index contributed by atoms with van der Waals surface area (Å²) in [7, 11) is 1.61. The van der Waals surface area contributed by atoms with Crippen molar-refractivity contribution in [1.82, 2.24) is 14.5 Å². The Kier molecular flexibility index (Phi) is 4.77. The fraction of sp³-hybridized carbons (Fsp3) is 0.571. The monoisotopic (exact) mass is 295 g/mol. The molecule has 1 N–H and O–H groups in total. The molecule has 0 radical (unpaired) electrons. The Labute approximate surface area is 123 Å². The average Bonchev–Trinajstić information content (AvgIpc) is 2.74. The van der Waals surface area contributed by atoms with Crippen LogP contribution in [-0.4, -0.2) is 34.9 Å². The predicted octanol–water partition coefficient (Wildman–Crippen LogP) is 3.34. The quantitative estimate of drug-likeness (QED) is 0.830. The maximum atomic E-state index is 5.60. The highest BCUT2D eigenvalue weighted by Gasteiger charge is 2.20. The number of nitrogens with one attached hydrogen (secondary N) is 1. The number of nitrogens with zero attached hydrogens (tertiary/aromatic N) is 2. The van der Waals surface area contributed by atoms with Crippen molar-refractivity contribution in [3.05, 3.63) is 16.9 Å². The first-order chi connectivity index (χ1) is 9.58. The molecule has 2 aromatic rings. The molecule has 0 aliphatic heterocycles. The van der Waals surface area contributed by atoms with Crippen LogP contribution in [0.5, 0.6) is 5.88 Å². The van der Waals surface area contributed by atoms with Crippen molar-refractivity contribution in [1.29, 1.82) is 0 Å². The molecule has 0 saturated carbocycles. The number of hydrogen-bond acceptors (Lipinski definition) is 4. The van der Waals surface area contributed by atoms with Gasteiger partial charge in [0.15, 0.2) is 10.4 Å². The minimum atomic E-state index is 0.149. The molecule has 2 heterocycles. The van der Waals surface area contributed by atoms with Gasteiger partial charge in [0.05, 0.1) is 25.3 Å². The van der Waals surface area contributed by atoms with Gasteiger partial charge < -0.3 is 14.5 Å². The van der Waals surface area contributed by atoms with Crippen molar-refractivity contribution in [2.45, 2.75) is 26.8 Å². The van der Waals surface area contributed by atoms with Crippen LogP contribution >= 0.6 is 12.2 Å². The lowest BCUT2D eigenvalue weighted by molar-refractivity contribution is 0.0972. The largest absolute Gasteiger partial charge is 0.481 e. The van der Waals surface area contributed by atoms with Gasteiger partial charge in [0, 0.05) is 12.7 Å². The molecular formula is C14H21N3O2S. The number of methoxy groups -OCH3 is 1. The Balaban J connectivity index is 2.54. The Bertz CT molecular complexity index is 633. The smallest absolute Gasteiger partial charge is 0.215 e. The number of rotatable bonds is 6. The van der Waals surface area contributed by atoms with E-state index in [9.17, 15) is 0 Å². The Morgan fingerprint density at radius 3 is 2.75 bits per heavy atom. The van der Waals surface area contributed by atoms with Crippen molar-refractivity contribution in [2.75, 3.05) is 20.3 Å². The number of hydrogen-bond donors (Lipinski definition) is 1. The molecular weight excluding hydrogens is 274 g/mol. The lowest BCUT2D eigenvalue weighted by Gasteiger charge is -2.22. The number of aromatic nitrogens is 3. The maximum absolute atomic E-state index is 5.60. The van der Waals surface area contributed by atoms with E-state index in [0.29, 0.717) is 29.8 Å². The molecule has 0 amide bonds. The summed E-state index contributed by atoms with van der Waals surface area (Å²) in [6.07, 6.45) is 0. The van der Waals surface area contributed by atoms with Crippen LogP contribution in [0.4, 0.5) is 0 Å².